The first-order chi connectivity index (χ1) is 8.95. The molecule has 0 bridgehead atoms. The van der Waals surface area contributed by atoms with Crippen molar-refractivity contribution < 1.29 is 9.13 Å². The van der Waals surface area contributed by atoms with E-state index in [0.717, 1.165) is 6.54 Å². The Morgan fingerprint density at radius 3 is 2.84 bits per heavy atom. The Morgan fingerprint density at radius 1 is 1.53 bits per heavy atom. The number of rotatable bonds is 3. The molecule has 0 spiro atoms. The highest BCUT2D eigenvalue weighted by Crippen LogP contribution is 2.32. The standard InChI is InChI=1S/C14H20ClFN2O/c1-14(2)9-19-6-5-18(14)13(8-17)11-4-3-10(15)7-12(11)16/h3-4,7,13H,5-6,8-9,17H2,1-2H3. The number of halogens is 2. The molecule has 0 aliphatic carbocycles. The van der Waals surface area contributed by atoms with Crippen molar-refractivity contribution in [3.8, 4) is 0 Å². The SMILES string of the molecule is CC1(C)COCCN1C(CN)c1ccc(Cl)cc1F. The average Bonchev–Trinajstić information content (AvgIpc) is 2.34. The van der Waals surface area contributed by atoms with Crippen LogP contribution in [0.4, 0.5) is 4.39 Å². The fraction of sp³-hybridized carbons (Fsp3) is 0.571. The van der Waals surface area contributed by atoms with Crippen LogP contribution in [0.1, 0.15) is 25.5 Å². The third-order valence-electron chi connectivity index (χ3n) is 3.63. The van der Waals surface area contributed by atoms with Crippen molar-refractivity contribution in [3.63, 3.8) is 0 Å². The molecule has 1 fully saturated rings. The van der Waals surface area contributed by atoms with Crippen LogP contribution in [0.15, 0.2) is 18.2 Å². The molecule has 1 heterocycles. The fourth-order valence-corrected chi connectivity index (χ4v) is 2.80. The minimum atomic E-state index is -0.301. The summed E-state index contributed by atoms with van der Waals surface area (Å²) in [5, 5.41) is 0.401. The maximum Gasteiger partial charge on any atom is 0.129 e. The second-order valence-corrected chi connectivity index (χ2v) is 5.91. The molecule has 0 saturated carbocycles. The Kier molecular flexibility index (Phi) is 4.46. The third-order valence-corrected chi connectivity index (χ3v) is 3.87. The molecular formula is C14H20ClFN2O. The van der Waals surface area contributed by atoms with E-state index < -0.39 is 0 Å². The van der Waals surface area contributed by atoms with Gasteiger partial charge in [-0.15, -0.1) is 0 Å². The van der Waals surface area contributed by atoms with Gasteiger partial charge in [-0.05, 0) is 26.0 Å². The molecule has 19 heavy (non-hydrogen) atoms. The van der Waals surface area contributed by atoms with Crippen molar-refractivity contribution >= 4 is 11.6 Å². The van der Waals surface area contributed by atoms with Gasteiger partial charge < -0.3 is 10.5 Å². The van der Waals surface area contributed by atoms with E-state index >= 15 is 0 Å². The van der Waals surface area contributed by atoms with Gasteiger partial charge in [0.2, 0.25) is 0 Å². The summed E-state index contributed by atoms with van der Waals surface area (Å²) < 4.78 is 19.6. The molecule has 1 unspecified atom stereocenters. The predicted molar refractivity (Wildman–Crippen MR) is 74.8 cm³/mol. The molecule has 1 saturated heterocycles. The van der Waals surface area contributed by atoms with Crippen LogP contribution in [0.25, 0.3) is 0 Å². The second kappa shape index (κ2) is 5.75. The summed E-state index contributed by atoms with van der Waals surface area (Å²) in [6.45, 7) is 6.55. The van der Waals surface area contributed by atoms with E-state index in [2.05, 4.69) is 18.7 Å². The molecule has 5 heteroatoms. The Morgan fingerprint density at radius 2 is 2.26 bits per heavy atom. The lowest BCUT2D eigenvalue weighted by Gasteiger charge is -2.46. The number of benzene rings is 1. The predicted octanol–water partition coefficient (Wildman–Crippen LogP) is 2.59. The zero-order valence-corrected chi connectivity index (χ0v) is 12.1. The first-order valence-electron chi connectivity index (χ1n) is 6.45. The molecule has 1 aromatic rings. The van der Waals surface area contributed by atoms with Crippen molar-refractivity contribution in [2.75, 3.05) is 26.3 Å². The summed E-state index contributed by atoms with van der Waals surface area (Å²) in [5.74, 6) is -0.301. The van der Waals surface area contributed by atoms with Gasteiger partial charge in [0.25, 0.3) is 0 Å². The van der Waals surface area contributed by atoms with E-state index in [1.807, 2.05) is 0 Å². The molecule has 1 aliphatic heterocycles. The lowest BCUT2D eigenvalue weighted by Crippen LogP contribution is -2.55. The number of nitrogens with zero attached hydrogens (tertiary/aromatic N) is 1. The third kappa shape index (κ3) is 3.08. The van der Waals surface area contributed by atoms with Crippen LogP contribution in [0.2, 0.25) is 5.02 Å². The minimum absolute atomic E-state index is 0.156. The maximum absolute atomic E-state index is 14.1. The summed E-state index contributed by atoms with van der Waals surface area (Å²) in [5.41, 5.74) is 6.32. The molecule has 0 amide bonds. The highest BCUT2D eigenvalue weighted by atomic mass is 35.5. The van der Waals surface area contributed by atoms with Crippen molar-refractivity contribution in [3.05, 3.63) is 34.6 Å². The van der Waals surface area contributed by atoms with Crippen molar-refractivity contribution in [1.82, 2.24) is 4.90 Å². The van der Waals surface area contributed by atoms with Crippen molar-refractivity contribution in [2.24, 2.45) is 5.73 Å². The van der Waals surface area contributed by atoms with Gasteiger partial charge in [0.15, 0.2) is 0 Å². The smallest absolute Gasteiger partial charge is 0.129 e. The van der Waals surface area contributed by atoms with E-state index in [1.54, 1.807) is 12.1 Å². The quantitative estimate of drug-likeness (QED) is 0.928. The first kappa shape index (κ1) is 14.7. The van der Waals surface area contributed by atoms with Crippen LogP contribution in [0.3, 0.4) is 0 Å². The number of hydrogen-bond donors (Lipinski definition) is 1. The monoisotopic (exact) mass is 286 g/mol. The molecular weight excluding hydrogens is 267 g/mol. The van der Waals surface area contributed by atoms with Gasteiger partial charge in [0.05, 0.1) is 19.3 Å². The summed E-state index contributed by atoms with van der Waals surface area (Å²) in [6.07, 6.45) is 0. The number of nitrogens with two attached hydrogens (primary N) is 1. The molecule has 2 N–H and O–H groups in total. The van der Waals surface area contributed by atoms with Gasteiger partial charge in [-0.1, -0.05) is 17.7 Å². The topological polar surface area (TPSA) is 38.5 Å². The Balaban J connectivity index is 2.33. The van der Waals surface area contributed by atoms with Gasteiger partial charge in [-0.2, -0.15) is 0 Å². The molecule has 3 nitrogen and oxygen atoms in total. The van der Waals surface area contributed by atoms with Gasteiger partial charge in [-0.3, -0.25) is 4.90 Å². The Hall–Kier alpha value is -0.680. The lowest BCUT2D eigenvalue weighted by molar-refractivity contribution is -0.0717. The lowest BCUT2D eigenvalue weighted by atomic mass is 9.95. The molecule has 1 atom stereocenters. The molecule has 1 aromatic carbocycles. The molecule has 0 radical (unpaired) electrons. The van der Waals surface area contributed by atoms with Gasteiger partial charge >= 0.3 is 0 Å². The largest absolute Gasteiger partial charge is 0.378 e. The zero-order chi connectivity index (χ0) is 14.0. The molecule has 0 aromatic heterocycles. The number of morpholine rings is 1. The van der Waals surface area contributed by atoms with Gasteiger partial charge in [0.1, 0.15) is 5.82 Å². The van der Waals surface area contributed by atoms with Crippen LogP contribution in [0.5, 0.6) is 0 Å². The summed E-state index contributed by atoms with van der Waals surface area (Å²) >= 11 is 5.80. The van der Waals surface area contributed by atoms with Crippen molar-refractivity contribution in [2.45, 2.75) is 25.4 Å². The van der Waals surface area contributed by atoms with E-state index in [9.17, 15) is 4.39 Å². The van der Waals surface area contributed by atoms with Crippen molar-refractivity contribution in [1.29, 1.82) is 0 Å². The van der Waals surface area contributed by atoms with Gasteiger partial charge in [-0.25, -0.2) is 4.39 Å². The summed E-state index contributed by atoms with van der Waals surface area (Å²) in [4.78, 5) is 2.21. The van der Waals surface area contributed by atoms with Crippen LogP contribution in [-0.4, -0.2) is 36.7 Å². The zero-order valence-electron chi connectivity index (χ0n) is 11.3. The highest BCUT2D eigenvalue weighted by molar-refractivity contribution is 6.30. The van der Waals surface area contributed by atoms with Crippen LogP contribution >= 0.6 is 11.6 Å². The van der Waals surface area contributed by atoms with Crippen LogP contribution < -0.4 is 5.73 Å². The fourth-order valence-electron chi connectivity index (χ4n) is 2.64. The number of hydrogen-bond acceptors (Lipinski definition) is 3. The Bertz CT molecular complexity index is 453. The van der Waals surface area contributed by atoms with Gasteiger partial charge in [0, 0.05) is 29.2 Å². The summed E-state index contributed by atoms with van der Waals surface area (Å²) in [7, 11) is 0. The van der Waals surface area contributed by atoms with E-state index in [1.165, 1.54) is 6.07 Å². The van der Waals surface area contributed by atoms with E-state index in [4.69, 9.17) is 22.1 Å². The summed E-state index contributed by atoms with van der Waals surface area (Å²) in [6, 6.07) is 4.61. The second-order valence-electron chi connectivity index (χ2n) is 5.48. The van der Waals surface area contributed by atoms with E-state index in [0.29, 0.717) is 30.3 Å². The van der Waals surface area contributed by atoms with E-state index in [-0.39, 0.29) is 17.4 Å². The maximum atomic E-state index is 14.1. The first-order valence-corrected chi connectivity index (χ1v) is 6.83. The highest BCUT2D eigenvalue weighted by Gasteiger charge is 2.36. The normalized spacial score (nSPS) is 21.3. The minimum Gasteiger partial charge on any atom is -0.378 e. The molecule has 106 valence electrons. The van der Waals surface area contributed by atoms with Crippen LogP contribution in [-0.2, 0) is 4.74 Å². The average molecular weight is 287 g/mol. The Labute approximate surface area is 118 Å². The molecule has 2 rings (SSSR count). The van der Waals surface area contributed by atoms with Crippen LogP contribution in [0, 0.1) is 5.82 Å². The number of ether oxygens (including phenoxy) is 1. The molecule has 1 aliphatic rings.